The maximum atomic E-state index is 13.3. The first kappa shape index (κ1) is 49.9. The van der Waals surface area contributed by atoms with Crippen molar-refractivity contribution in [3.8, 4) is 0 Å². The van der Waals surface area contributed by atoms with E-state index in [9.17, 15) is 62.6 Å². The van der Waals surface area contributed by atoms with E-state index < -0.39 is 89.1 Å². The molecule has 1 amide bonds. The minimum Gasteiger partial charge on any atom is -0.595 e. The monoisotopic (exact) mass is 911 g/mol. The Kier molecular flexibility index (Phi) is 16.6. The number of aliphatic imine (C=N–C) groups is 1. The van der Waals surface area contributed by atoms with E-state index >= 15 is 0 Å². The van der Waals surface area contributed by atoms with Gasteiger partial charge >= 0.3 is 30.8 Å². The zero-order valence-electron chi connectivity index (χ0n) is 31.8. The van der Waals surface area contributed by atoms with E-state index in [0.29, 0.717) is 29.8 Å². The molecule has 0 saturated carbocycles. The molecule has 0 saturated heterocycles. The van der Waals surface area contributed by atoms with Crippen LogP contribution in [0.15, 0.2) is 71.7 Å². The Morgan fingerprint density at radius 3 is 1.43 bits per heavy atom. The second kappa shape index (κ2) is 19.2. The number of amides is 1. The summed E-state index contributed by atoms with van der Waals surface area (Å²) in [5.41, 5.74) is -8.69. The lowest BCUT2D eigenvalue weighted by atomic mass is 9.87. The van der Waals surface area contributed by atoms with Crippen LogP contribution in [0.4, 0.5) is 57.5 Å². The Labute approximate surface area is 334 Å². The first-order chi connectivity index (χ1) is 26.2. The van der Waals surface area contributed by atoms with Crippen LogP contribution in [0, 0.1) is 0 Å². The van der Waals surface area contributed by atoms with Crippen molar-refractivity contribution in [2.75, 3.05) is 13.2 Å². The number of alkyl halides is 13. The molecule has 0 aliphatic carbocycles. The summed E-state index contributed by atoms with van der Waals surface area (Å²) in [5.74, 6) is 0. The zero-order chi connectivity index (χ0) is 44.5. The molecule has 3 aromatic rings. The van der Waals surface area contributed by atoms with Gasteiger partial charge in [-0.2, -0.15) is 52.7 Å². The van der Waals surface area contributed by atoms with E-state index in [1.165, 1.54) is 0 Å². The van der Waals surface area contributed by atoms with Crippen molar-refractivity contribution >= 4 is 28.1 Å². The summed E-state index contributed by atoms with van der Waals surface area (Å²) in [4.78, 5) is 16.8. The summed E-state index contributed by atoms with van der Waals surface area (Å²) in [6, 6.07) is 10.9. The molecule has 0 fully saturated rings. The second-order valence-corrected chi connectivity index (χ2v) is 15.2. The van der Waals surface area contributed by atoms with Gasteiger partial charge in [-0.25, -0.2) is 4.79 Å². The molecule has 0 aromatic heterocycles. The molecule has 0 aliphatic rings. The molecule has 7 nitrogen and oxygen atoms in total. The number of hydrogen-bond donors (Lipinski definition) is 1. The van der Waals surface area contributed by atoms with Crippen LogP contribution in [0.1, 0.15) is 86.9 Å². The van der Waals surface area contributed by atoms with Gasteiger partial charge in [-0.1, -0.05) is 67.0 Å². The van der Waals surface area contributed by atoms with Crippen molar-refractivity contribution in [3.05, 3.63) is 106 Å². The van der Waals surface area contributed by atoms with Crippen LogP contribution in [-0.2, 0) is 56.4 Å². The number of rotatable bonds is 10. The average Bonchev–Trinajstić information content (AvgIpc) is 3.05. The van der Waals surface area contributed by atoms with Crippen LogP contribution in [0.3, 0.4) is 0 Å². The lowest BCUT2D eigenvalue weighted by molar-refractivity contribution is -0.260. The first-order valence-corrected chi connectivity index (χ1v) is 18.0. The zero-order valence-corrected chi connectivity index (χ0v) is 33.4. The van der Waals surface area contributed by atoms with Gasteiger partial charge in [0.05, 0.1) is 41.0 Å². The van der Waals surface area contributed by atoms with E-state index in [1.54, 1.807) is 71.9 Å². The highest BCUT2D eigenvalue weighted by molar-refractivity contribution is 9.08. The van der Waals surface area contributed by atoms with Crippen molar-refractivity contribution in [2.45, 2.75) is 101 Å². The fourth-order valence-electron chi connectivity index (χ4n) is 4.90. The van der Waals surface area contributed by atoms with Gasteiger partial charge in [-0.3, -0.25) is 4.99 Å². The van der Waals surface area contributed by atoms with Crippen molar-refractivity contribution in [1.29, 1.82) is 0 Å². The SMILES string of the molecule is CC(C)(C)OC(=O)NC(CCN=C([O-])OC(C)(C)C)(COCc1cc(C(F)(F)F)cc(C(F)(F)F)c1)c1ccccc1.FC(F)(F)c1cc(CBr)cc(C(F)(F)F)c1. The molecule has 0 bridgehead atoms. The second-order valence-electron chi connectivity index (χ2n) is 14.6. The Bertz CT molecular complexity index is 1770. The van der Waals surface area contributed by atoms with Crippen LogP contribution >= 0.6 is 15.9 Å². The molecule has 0 spiro atoms. The average molecular weight is 913 g/mol. The number of halogens is 13. The molecule has 324 valence electrons. The highest BCUT2D eigenvalue weighted by Crippen LogP contribution is 2.38. The van der Waals surface area contributed by atoms with E-state index in [1.807, 2.05) is 0 Å². The lowest BCUT2D eigenvalue weighted by Crippen LogP contribution is -2.51. The van der Waals surface area contributed by atoms with E-state index in [2.05, 4.69) is 26.2 Å². The standard InChI is InChI=1S/C29H36F6N2O5.C9H5BrF6/c1-25(2,3)41-23(38)36-13-12-27(20-10-8-7-9-11-20,37-24(39)42-26(4,5)6)18-40-17-19-14-21(28(30,31)32)16-22(15-19)29(33,34)35;10-4-5-1-6(8(11,12)13)3-7(2-5)9(14,15)16/h7-11,14-16H,12-13,17-18H2,1-6H3,(H,36,38)(H,37,39);1-3H,4H2/p-1. The van der Waals surface area contributed by atoms with Gasteiger partial charge in [-0.05, 0) is 80.3 Å². The predicted molar refractivity (Wildman–Crippen MR) is 190 cm³/mol. The number of ether oxygens (including phenoxy) is 3. The highest BCUT2D eigenvalue weighted by atomic mass is 79.9. The van der Waals surface area contributed by atoms with Gasteiger partial charge in [0.2, 0.25) is 0 Å². The van der Waals surface area contributed by atoms with Gasteiger partial charge in [-0.15, -0.1) is 0 Å². The van der Waals surface area contributed by atoms with Crippen LogP contribution in [-0.4, -0.2) is 36.5 Å². The van der Waals surface area contributed by atoms with Gasteiger partial charge in [0, 0.05) is 17.5 Å². The first-order valence-electron chi connectivity index (χ1n) is 16.9. The maximum absolute atomic E-state index is 13.3. The highest BCUT2D eigenvalue weighted by Gasteiger charge is 2.39. The van der Waals surface area contributed by atoms with Crippen LogP contribution < -0.4 is 10.4 Å². The number of alkyl carbamates (subject to hydrolysis) is 1. The number of benzene rings is 3. The third-order valence-electron chi connectivity index (χ3n) is 7.31. The van der Waals surface area contributed by atoms with Gasteiger partial charge in [0.1, 0.15) is 11.7 Å². The molecule has 0 heterocycles. The summed E-state index contributed by atoms with van der Waals surface area (Å²) in [6.45, 7) is 8.63. The van der Waals surface area contributed by atoms with Crippen molar-refractivity contribution < 1.29 is 76.8 Å². The number of carbonyl (C=O) groups is 1. The van der Waals surface area contributed by atoms with Crippen molar-refractivity contribution in [3.63, 3.8) is 0 Å². The number of hydrogen-bond acceptors (Lipinski definition) is 6. The fraction of sp³-hybridized carbons (Fsp3) is 0.474. The Morgan fingerprint density at radius 2 is 1.05 bits per heavy atom. The van der Waals surface area contributed by atoms with Crippen LogP contribution in [0.5, 0.6) is 0 Å². The minimum absolute atomic E-state index is 0.0278. The molecule has 1 unspecified atom stereocenters. The summed E-state index contributed by atoms with van der Waals surface area (Å²) in [5, 5.41) is 14.9. The Morgan fingerprint density at radius 1 is 0.638 bits per heavy atom. The molecule has 1 atom stereocenters. The van der Waals surface area contributed by atoms with Gasteiger partial charge < -0.3 is 24.6 Å². The van der Waals surface area contributed by atoms with Gasteiger partial charge in [0.15, 0.2) is 0 Å². The molecule has 0 radical (unpaired) electrons. The van der Waals surface area contributed by atoms with Crippen molar-refractivity contribution in [1.82, 2.24) is 5.32 Å². The Hall–Kier alpha value is -4.20. The predicted octanol–water partition coefficient (Wildman–Crippen LogP) is 11.2. The summed E-state index contributed by atoms with van der Waals surface area (Å²) in [7, 11) is 0. The normalized spacial score (nSPS) is 14.2. The lowest BCUT2D eigenvalue weighted by Gasteiger charge is -2.36. The van der Waals surface area contributed by atoms with E-state index in [0.717, 1.165) is 0 Å². The molecule has 3 rings (SSSR count). The smallest absolute Gasteiger partial charge is 0.416 e. The summed E-state index contributed by atoms with van der Waals surface area (Å²) in [6.07, 6.45) is -21.4. The third kappa shape index (κ3) is 17.0. The molecular weight excluding hydrogens is 872 g/mol. The summed E-state index contributed by atoms with van der Waals surface area (Å²) >= 11 is 2.82. The minimum atomic E-state index is -5.02. The fourth-order valence-corrected chi connectivity index (χ4v) is 5.23. The summed E-state index contributed by atoms with van der Waals surface area (Å²) < 4.78 is 170. The van der Waals surface area contributed by atoms with E-state index in [-0.39, 0.29) is 41.6 Å². The number of nitrogens with zero attached hydrogens (tertiary/aromatic N) is 1. The number of nitrogens with one attached hydrogen (secondary N) is 1. The van der Waals surface area contributed by atoms with Crippen LogP contribution in [0.25, 0.3) is 0 Å². The molecular formula is C38H40BrF12N2O5-. The van der Waals surface area contributed by atoms with E-state index in [4.69, 9.17) is 14.2 Å². The largest absolute Gasteiger partial charge is 0.595 e. The number of carbonyl (C=O) groups excluding carboxylic acids is 1. The maximum Gasteiger partial charge on any atom is 0.416 e. The molecule has 20 heteroatoms. The van der Waals surface area contributed by atoms with Crippen LogP contribution in [0.2, 0.25) is 0 Å². The van der Waals surface area contributed by atoms with Gasteiger partial charge in [0.25, 0.3) is 0 Å². The topological polar surface area (TPSA) is 92.2 Å². The Balaban J connectivity index is 0.000000603. The molecule has 1 N–H and O–H groups in total. The molecule has 3 aromatic carbocycles. The third-order valence-corrected chi connectivity index (χ3v) is 7.95. The molecule has 0 aliphatic heterocycles. The molecule has 58 heavy (non-hydrogen) atoms. The van der Waals surface area contributed by atoms with Crippen molar-refractivity contribution in [2.24, 2.45) is 4.99 Å². The quantitative estimate of drug-likeness (QED) is 0.0947.